The van der Waals surface area contributed by atoms with E-state index in [2.05, 4.69) is 32.8 Å². The highest BCUT2D eigenvalue weighted by atomic mass is 15.1. The summed E-state index contributed by atoms with van der Waals surface area (Å²) in [6.07, 6.45) is 1.12. The van der Waals surface area contributed by atoms with Gasteiger partial charge in [0, 0.05) is 5.71 Å². The Bertz CT molecular complexity index is 116. The molecule has 0 aromatic heterocycles. The van der Waals surface area contributed by atoms with E-state index in [1.807, 2.05) is 0 Å². The Balaban J connectivity index is 4.08. The zero-order chi connectivity index (χ0) is 8.15. The lowest BCUT2D eigenvalue weighted by molar-refractivity contribution is 0.679. The van der Waals surface area contributed by atoms with E-state index in [4.69, 9.17) is 5.84 Å². The van der Waals surface area contributed by atoms with E-state index in [1.54, 1.807) is 0 Å². The van der Waals surface area contributed by atoms with Gasteiger partial charge in [-0.1, -0.05) is 27.7 Å². The summed E-state index contributed by atoms with van der Waals surface area (Å²) in [5.41, 5.74) is 1.13. The van der Waals surface area contributed by atoms with E-state index in [1.165, 1.54) is 0 Å². The Morgan fingerprint density at radius 2 is 1.90 bits per heavy atom. The maximum atomic E-state index is 5.24. The highest BCUT2D eigenvalue weighted by Gasteiger charge is 2.11. The maximum Gasteiger partial charge on any atom is 0.0429 e. The van der Waals surface area contributed by atoms with Crippen molar-refractivity contribution < 1.29 is 0 Å². The van der Waals surface area contributed by atoms with Crippen molar-refractivity contribution >= 4 is 5.71 Å². The summed E-state index contributed by atoms with van der Waals surface area (Å²) in [7, 11) is 0. The van der Waals surface area contributed by atoms with E-state index < -0.39 is 0 Å². The van der Waals surface area contributed by atoms with E-state index in [-0.39, 0.29) is 0 Å². The predicted molar refractivity (Wildman–Crippen MR) is 45.9 cm³/mol. The second kappa shape index (κ2) is 4.31. The standard InChI is InChI=1S/C8H18N2/c1-5-7(4)8(10-9)6(2)3/h6-7H,5,9H2,1-4H3/b10-8+. The van der Waals surface area contributed by atoms with Crippen molar-refractivity contribution in [2.24, 2.45) is 22.8 Å². The minimum atomic E-state index is 0.486. The van der Waals surface area contributed by atoms with Crippen molar-refractivity contribution in [2.75, 3.05) is 0 Å². The zero-order valence-corrected chi connectivity index (χ0v) is 7.39. The van der Waals surface area contributed by atoms with Crippen LogP contribution in [0.25, 0.3) is 0 Å². The molecule has 10 heavy (non-hydrogen) atoms. The van der Waals surface area contributed by atoms with Gasteiger partial charge in [0.05, 0.1) is 0 Å². The average molecular weight is 142 g/mol. The number of nitrogens with two attached hydrogens (primary N) is 1. The Morgan fingerprint density at radius 3 is 2.00 bits per heavy atom. The lowest BCUT2D eigenvalue weighted by atomic mass is 9.94. The molecule has 1 atom stereocenters. The number of hydrogen-bond donors (Lipinski definition) is 1. The molecular formula is C8H18N2. The molecule has 0 aliphatic heterocycles. The molecule has 2 heteroatoms. The summed E-state index contributed by atoms with van der Waals surface area (Å²) in [5, 5.41) is 3.77. The molecular weight excluding hydrogens is 124 g/mol. The van der Waals surface area contributed by atoms with E-state index in [9.17, 15) is 0 Å². The van der Waals surface area contributed by atoms with Crippen molar-refractivity contribution in [2.45, 2.75) is 34.1 Å². The van der Waals surface area contributed by atoms with Gasteiger partial charge in [0.1, 0.15) is 0 Å². The molecule has 0 aliphatic rings. The highest BCUT2D eigenvalue weighted by Crippen LogP contribution is 2.10. The minimum absolute atomic E-state index is 0.486. The Labute approximate surface area is 63.5 Å². The molecule has 0 saturated heterocycles. The van der Waals surface area contributed by atoms with Crippen LogP contribution in [0, 0.1) is 11.8 Å². The molecule has 60 valence electrons. The van der Waals surface area contributed by atoms with E-state index in [0.717, 1.165) is 12.1 Å². The molecule has 0 heterocycles. The molecule has 0 radical (unpaired) electrons. The fraction of sp³-hybridized carbons (Fsp3) is 0.875. The zero-order valence-electron chi connectivity index (χ0n) is 7.39. The first-order valence-electron chi connectivity index (χ1n) is 3.91. The van der Waals surface area contributed by atoms with Crippen LogP contribution in [0.1, 0.15) is 34.1 Å². The lowest BCUT2D eigenvalue weighted by Crippen LogP contribution is -2.18. The molecule has 2 nitrogen and oxygen atoms in total. The van der Waals surface area contributed by atoms with Crippen molar-refractivity contribution in [3.8, 4) is 0 Å². The molecule has 0 bridgehead atoms. The molecule has 0 aromatic rings. The Kier molecular flexibility index (Phi) is 4.08. The monoisotopic (exact) mass is 142 g/mol. The van der Waals surface area contributed by atoms with Gasteiger partial charge in [-0.05, 0) is 18.3 Å². The van der Waals surface area contributed by atoms with Gasteiger partial charge in [0.25, 0.3) is 0 Å². The lowest BCUT2D eigenvalue weighted by Gasteiger charge is -2.14. The molecule has 0 amide bonds. The fourth-order valence-corrected chi connectivity index (χ4v) is 1.05. The van der Waals surface area contributed by atoms with Crippen LogP contribution < -0.4 is 5.84 Å². The van der Waals surface area contributed by atoms with Gasteiger partial charge in [0.15, 0.2) is 0 Å². The number of hydrogen-bond acceptors (Lipinski definition) is 2. The molecule has 0 aliphatic carbocycles. The van der Waals surface area contributed by atoms with Gasteiger partial charge in [-0.2, -0.15) is 5.10 Å². The maximum absolute atomic E-state index is 5.24. The van der Waals surface area contributed by atoms with E-state index in [0.29, 0.717) is 11.8 Å². The van der Waals surface area contributed by atoms with Crippen molar-refractivity contribution in [3.05, 3.63) is 0 Å². The number of hydrazone groups is 1. The minimum Gasteiger partial charge on any atom is -0.323 e. The SMILES string of the molecule is CCC(C)/C(=N/N)C(C)C. The normalized spacial score (nSPS) is 15.9. The summed E-state index contributed by atoms with van der Waals surface area (Å²) in [6.45, 7) is 8.56. The summed E-state index contributed by atoms with van der Waals surface area (Å²) in [6, 6.07) is 0. The van der Waals surface area contributed by atoms with Crippen LogP contribution in [-0.4, -0.2) is 5.71 Å². The molecule has 0 saturated carbocycles. The Morgan fingerprint density at radius 1 is 1.40 bits per heavy atom. The van der Waals surface area contributed by atoms with Gasteiger partial charge in [0.2, 0.25) is 0 Å². The van der Waals surface area contributed by atoms with Crippen LogP contribution >= 0.6 is 0 Å². The highest BCUT2D eigenvalue weighted by molar-refractivity contribution is 5.87. The first-order chi connectivity index (χ1) is 4.63. The number of nitrogens with zero attached hydrogens (tertiary/aromatic N) is 1. The first-order valence-corrected chi connectivity index (χ1v) is 3.91. The predicted octanol–water partition coefficient (Wildman–Crippen LogP) is 2.00. The van der Waals surface area contributed by atoms with E-state index >= 15 is 0 Å². The summed E-state index contributed by atoms with van der Waals surface area (Å²) in [5.74, 6) is 6.26. The van der Waals surface area contributed by atoms with Gasteiger partial charge >= 0.3 is 0 Å². The quantitative estimate of drug-likeness (QED) is 0.365. The largest absolute Gasteiger partial charge is 0.323 e. The van der Waals surface area contributed by atoms with Crippen LogP contribution in [0.2, 0.25) is 0 Å². The smallest absolute Gasteiger partial charge is 0.0429 e. The molecule has 0 rings (SSSR count). The molecule has 1 unspecified atom stereocenters. The number of rotatable bonds is 3. The third kappa shape index (κ3) is 2.38. The molecule has 0 spiro atoms. The Hall–Kier alpha value is -0.530. The first kappa shape index (κ1) is 9.47. The van der Waals surface area contributed by atoms with Crippen molar-refractivity contribution in [1.29, 1.82) is 0 Å². The average Bonchev–Trinajstić information content (AvgIpc) is 1.88. The fourth-order valence-electron chi connectivity index (χ4n) is 1.05. The topological polar surface area (TPSA) is 38.4 Å². The molecule has 2 N–H and O–H groups in total. The van der Waals surface area contributed by atoms with Crippen LogP contribution in [0.4, 0.5) is 0 Å². The van der Waals surface area contributed by atoms with Crippen LogP contribution in [-0.2, 0) is 0 Å². The van der Waals surface area contributed by atoms with Crippen molar-refractivity contribution in [3.63, 3.8) is 0 Å². The van der Waals surface area contributed by atoms with Crippen LogP contribution in [0.5, 0.6) is 0 Å². The second-order valence-corrected chi connectivity index (χ2v) is 3.02. The summed E-state index contributed by atoms with van der Waals surface area (Å²) >= 11 is 0. The van der Waals surface area contributed by atoms with Gasteiger partial charge in [-0.25, -0.2) is 0 Å². The van der Waals surface area contributed by atoms with Crippen molar-refractivity contribution in [1.82, 2.24) is 0 Å². The third-order valence-corrected chi connectivity index (χ3v) is 1.86. The second-order valence-electron chi connectivity index (χ2n) is 3.02. The molecule has 0 fully saturated rings. The van der Waals surface area contributed by atoms with Gasteiger partial charge in [-0.3, -0.25) is 0 Å². The summed E-state index contributed by atoms with van der Waals surface area (Å²) in [4.78, 5) is 0. The third-order valence-electron chi connectivity index (χ3n) is 1.86. The van der Waals surface area contributed by atoms with Gasteiger partial charge < -0.3 is 5.84 Å². The summed E-state index contributed by atoms with van der Waals surface area (Å²) < 4.78 is 0. The molecule has 0 aromatic carbocycles. The van der Waals surface area contributed by atoms with Crippen LogP contribution in [0.3, 0.4) is 0 Å². The van der Waals surface area contributed by atoms with Gasteiger partial charge in [-0.15, -0.1) is 0 Å². The van der Waals surface area contributed by atoms with Crippen LogP contribution in [0.15, 0.2) is 5.10 Å².